The predicted octanol–water partition coefficient (Wildman–Crippen LogP) is 2.81. The third-order valence-electron chi connectivity index (χ3n) is 3.78. The summed E-state index contributed by atoms with van der Waals surface area (Å²) in [6.45, 7) is 2.05. The van der Waals surface area contributed by atoms with Crippen LogP contribution in [0.15, 0.2) is 33.9 Å². The average molecular weight is 334 g/mol. The Kier molecular flexibility index (Phi) is 4.13. The Morgan fingerprint density at radius 2 is 2.18 bits per heavy atom. The molecule has 0 spiro atoms. The molecule has 0 saturated heterocycles. The van der Waals surface area contributed by atoms with E-state index < -0.39 is 0 Å². The molecular formula is C15H16ClN5S. The summed E-state index contributed by atoms with van der Waals surface area (Å²) in [5.41, 5.74) is 16.0. The average Bonchev–Trinajstić information content (AvgIpc) is 2.90. The molecule has 0 aromatic carbocycles. The first-order chi connectivity index (χ1) is 10.6. The molecule has 1 atom stereocenters. The van der Waals surface area contributed by atoms with Crippen LogP contribution in [-0.2, 0) is 6.42 Å². The van der Waals surface area contributed by atoms with Crippen LogP contribution < -0.4 is 11.5 Å². The lowest BCUT2D eigenvalue weighted by Gasteiger charge is -2.25. The zero-order chi connectivity index (χ0) is 15.7. The molecule has 0 bridgehead atoms. The number of aromatic nitrogens is 1. The van der Waals surface area contributed by atoms with Gasteiger partial charge in [-0.1, -0.05) is 11.6 Å². The van der Waals surface area contributed by atoms with Gasteiger partial charge in [-0.2, -0.15) is 5.10 Å². The van der Waals surface area contributed by atoms with Gasteiger partial charge in [0.05, 0.1) is 15.7 Å². The largest absolute Gasteiger partial charge is 0.369 e. The molecule has 0 fully saturated rings. The summed E-state index contributed by atoms with van der Waals surface area (Å²) in [4.78, 5) is 4.52. The number of rotatable bonds is 2. The lowest BCUT2D eigenvalue weighted by atomic mass is 9.81. The van der Waals surface area contributed by atoms with E-state index >= 15 is 0 Å². The first-order valence-electron chi connectivity index (χ1n) is 6.89. The fourth-order valence-corrected chi connectivity index (χ4v) is 3.91. The molecule has 2 aromatic heterocycles. The molecule has 1 aliphatic rings. The number of nitrogens with zero attached hydrogens (tertiary/aromatic N) is 3. The maximum absolute atomic E-state index is 6.30. The Morgan fingerprint density at radius 3 is 2.86 bits per heavy atom. The molecule has 1 aliphatic carbocycles. The van der Waals surface area contributed by atoms with Crippen LogP contribution in [0.2, 0.25) is 4.34 Å². The molecule has 3 rings (SSSR count). The van der Waals surface area contributed by atoms with Crippen molar-refractivity contribution in [2.45, 2.75) is 25.7 Å². The molecule has 0 radical (unpaired) electrons. The number of hydrogen-bond acceptors (Lipinski definition) is 4. The van der Waals surface area contributed by atoms with Crippen LogP contribution in [0.1, 0.15) is 34.7 Å². The van der Waals surface area contributed by atoms with Crippen molar-refractivity contribution in [2.24, 2.45) is 21.7 Å². The molecule has 2 heterocycles. The third kappa shape index (κ3) is 2.84. The van der Waals surface area contributed by atoms with E-state index in [1.54, 1.807) is 0 Å². The Balaban J connectivity index is 2.08. The predicted molar refractivity (Wildman–Crippen MR) is 91.7 cm³/mol. The number of guanidine groups is 1. The van der Waals surface area contributed by atoms with Gasteiger partial charge in [0.2, 0.25) is 5.96 Å². The summed E-state index contributed by atoms with van der Waals surface area (Å²) in [5, 5.41) is 10.1. The van der Waals surface area contributed by atoms with Crippen molar-refractivity contribution in [3.8, 4) is 0 Å². The Bertz CT molecular complexity index is 761. The van der Waals surface area contributed by atoms with Gasteiger partial charge in [-0.3, -0.25) is 4.98 Å². The smallest absolute Gasteiger partial charge is 0.211 e. The normalized spacial score (nSPS) is 19.0. The summed E-state index contributed by atoms with van der Waals surface area (Å²) in [6.07, 6.45) is 3.41. The van der Waals surface area contributed by atoms with E-state index in [2.05, 4.69) is 21.3 Å². The van der Waals surface area contributed by atoms with Crippen LogP contribution in [0, 0.1) is 6.92 Å². The topological polar surface area (TPSA) is 89.6 Å². The fraction of sp³-hybridized carbons (Fsp3) is 0.267. The monoisotopic (exact) mass is 333 g/mol. The van der Waals surface area contributed by atoms with E-state index in [0.29, 0.717) is 0 Å². The number of halogens is 1. The first-order valence-corrected chi connectivity index (χ1v) is 8.15. The maximum atomic E-state index is 6.30. The van der Waals surface area contributed by atoms with Gasteiger partial charge in [0, 0.05) is 11.8 Å². The molecule has 0 amide bonds. The van der Waals surface area contributed by atoms with Crippen LogP contribution in [-0.4, -0.2) is 16.7 Å². The second-order valence-corrected chi connectivity index (χ2v) is 6.79. The molecule has 1 unspecified atom stereocenters. The van der Waals surface area contributed by atoms with E-state index in [0.717, 1.165) is 45.3 Å². The van der Waals surface area contributed by atoms with Gasteiger partial charge in [0.15, 0.2) is 0 Å². The number of thiophene rings is 1. The van der Waals surface area contributed by atoms with E-state index in [9.17, 15) is 0 Å². The van der Waals surface area contributed by atoms with Crippen molar-refractivity contribution in [1.82, 2.24) is 4.98 Å². The second kappa shape index (κ2) is 6.06. The second-order valence-electron chi connectivity index (χ2n) is 5.28. The van der Waals surface area contributed by atoms with E-state index in [4.69, 9.17) is 23.1 Å². The number of fused-ring (bicyclic) bond motifs is 1. The van der Waals surface area contributed by atoms with E-state index in [-0.39, 0.29) is 11.9 Å². The third-order valence-corrected chi connectivity index (χ3v) is 4.98. The molecule has 5 nitrogen and oxygen atoms in total. The van der Waals surface area contributed by atoms with Gasteiger partial charge >= 0.3 is 0 Å². The molecule has 22 heavy (non-hydrogen) atoms. The minimum Gasteiger partial charge on any atom is -0.369 e. The van der Waals surface area contributed by atoms with Gasteiger partial charge in [-0.15, -0.1) is 16.4 Å². The fourth-order valence-electron chi connectivity index (χ4n) is 2.83. The lowest BCUT2D eigenvalue weighted by molar-refractivity contribution is 0.680. The molecule has 4 N–H and O–H groups in total. The van der Waals surface area contributed by atoms with Crippen molar-refractivity contribution in [3.05, 3.63) is 50.4 Å². The molecule has 2 aromatic rings. The van der Waals surface area contributed by atoms with E-state index in [1.807, 2.05) is 24.6 Å². The van der Waals surface area contributed by atoms with Crippen molar-refractivity contribution in [2.75, 3.05) is 0 Å². The maximum Gasteiger partial charge on any atom is 0.211 e. The highest BCUT2D eigenvalue weighted by atomic mass is 35.5. The first kappa shape index (κ1) is 15.0. The quantitative estimate of drug-likeness (QED) is 0.503. The molecule has 0 aliphatic heterocycles. The van der Waals surface area contributed by atoms with Gasteiger partial charge in [0.25, 0.3) is 0 Å². The highest BCUT2D eigenvalue weighted by Crippen LogP contribution is 2.38. The zero-order valence-electron chi connectivity index (χ0n) is 12.1. The van der Waals surface area contributed by atoms with Crippen molar-refractivity contribution >= 4 is 34.6 Å². The summed E-state index contributed by atoms with van der Waals surface area (Å²) in [5.74, 6) is 0.194. The van der Waals surface area contributed by atoms with Crippen LogP contribution in [0.5, 0.6) is 0 Å². The number of hydrogen-bond donors (Lipinski definition) is 2. The SMILES string of the molecule is Cc1ccnc2c1/C(=N/N=C(N)N)CC(c1ccsc1Cl)C2. The number of aryl methyl sites for hydroxylation is 1. The summed E-state index contributed by atoms with van der Waals surface area (Å²) in [7, 11) is 0. The summed E-state index contributed by atoms with van der Waals surface area (Å²) in [6, 6.07) is 4.04. The lowest BCUT2D eigenvalue weighted by Crippen LogP contribution is -2.24. The Labute approximate surface area is 137 Å². The van der Waals surface area contributed by atoms with Gasteiger partial charge < -0.3 is 11.5 Å². The molecular weight excluding hydrogens is 318 g/mol. The standard InChI is InChI=1S/C15H16ClN5S/c1-8-2-4-19-11-6-9(10-3-5-22-14(10)16)7-12(13(8)11)20-21-15(17)18/h2-5,9H,6-7H2,1H3,(H4,17,18,21)/b20-12+. The van der Waals surface area contributed by atoms with Crippen LogP contribution in [0.3, 0.4) is 0 Å². The summed E-state index contributed by atoms with van der Waals surface area (Å²) < 4.78 is 0.822. The molecule has 7 heteroatoms. The van der Waals surface area contributed by atoms with Gasteiger partial charge in [0.1, 0.15) is 0 Å². The van der Waals surface area contributed by atoms with Crippen molar-refractivity contribution in [3.63, 3.8) is 0 Å². The minimum atomic E-state index is -0.0497. The number of nitrogens with two attached hydrogens (primary N) is 2. The van der Waals surface area contributed by atoms with Crippen LogP contribution in [0.4, 0.5) is 0 Å². The molecule has 114 valence electrons. The van der Waals surface area contributed by atoms with Crippen molar-refractivity contribution in [1.29, 1.82) is 0 Å². The Morgan fingerprint density at radius 1 is 1.36 bits per heavy atom. The van der Waals surface area contributed by atoms with E-state index in [1.165, 1.54) is 11.3 Å². The zero-order valence-corrected chi connectivity index (χ0v) is 13.7. The van der Waals surface area contributed by atoms with Gasteiger partial charge in [-0.25, -0.2) is 0 Å². The van der Waals surface area contributed by atoms with Crippen LogP contribution in [0.25, 0.3) is 0 Å². The van der Waals surface area contributed by atoms with Crippen molar-refractivity contribution < 1.29 is 0 Å². The van der Waals surface area contributed by atoms with Gasteiger partial charge in [-0.05, 0) is 54.3 Å². The number of pyridine rings is 1. The highest BCUT2D eigenvalue weighted by Gasteiger charge is 2.28. The Hall–Kier alpha value is -1.92. The highest BCUT2D eigenvalue weighted by molar-refractivity contribution is 7.14. The molecule has 0 saturated carbocycles. The van der Waals surface area contributed by atoms with Crippen LogP contribution >= 0.6 is 22.9 Å². The minimum absolute atomic E-state index is 0.0497. The summed E-state index contributed by atoms with van der Waals surface area (Å²) >= 11 is 7.84.